The second-order valence-corrected chi connectivity index (χ2v) is 4.04. The van der Waals surface area contributed by atoms with Crippen LogP contribution in [0.2, 0.25) is 0 Å². The molecular weight excluding hydrogens is 190 g/mol. The van der Waals surface area contributed by atoms with Gasteiger partial charge in [0.05, 0.1) is 5.56 Å². The van der Waals surface area contributed by atoms with Gasteiger partial charge in [-0.3, -0.25) is 0 Å². The lowest BCUT2D eigenvalue weighted by Crippen LogP contribution is -2.26. The Morgan fingerprint density at radius 1 is 1.40 bits per heavy atom. The van der Waals surface area contributed by atoms with Crippen LogP contribution in [0.4, 0.5) is 5.69 Å². The molecule has 3 nitrogen and oxygen atoms in total. The van der Waals surface area contributed by atoms with Crippen LogP contribution in [0, 0.1) is 0 Å². The second kappa shape index (κ2) is 3.93. The van der Waals surface area contributed by atoms with Crippen molar-refractivity contribution in [1.29, 1.82) is 0 Å². The molecule has 0 bridgehead atoms. The van der Waals surface area contributed by atoms with E-state index in [1.54, 1.807) is 12.1 Å². The average Bonchev–Trinajstić information content (AvgIpc) is 2.65. The van der Waals surface area contributed by atoms with E-state index in [4.69, 9.17) is 5.11 Å². The van der Waals surface area contributed by atoms with Crippen LogP contribution in [-0.4, -0.2) is 23.7 Å². The maximum Gasteiger partial charge on any atom is 0.335 e. The molecule has 15 heavy (non-hydrogen) atoms. The Labute approximate surface area is 89.3 Å². The van der Waals surface area contributed by atoms with E-state index >= 15 is 0 Å². The molecule has 1 unspecified atom stereocenters. The van der Waals surface area contributed by atoms with E-state index < -0.39 is 5.97 Å². The Hall–Kier alpha value is -1.51. The molecule has 1 aromatic rings. The summed E-state index contributed by atoms with van der Waals surface area (Å²) in [5.74, 6) is -0.865. The van der Waals surface area contributed by atoms with Crippen molar-refractivity contribution >= 4 is 11.7 Å². The minimum Gasteiger partial charge on any atom is -0.478 e. The smallest absolute Gasteiger partial charge is 0.335 e. The van der Waals surface area contributed by atoms with Crippen molar-refractivity contribution in [2.45, 2.75) is 25.8 Å². The van der Waals surface area contributed by atoms with E-state index in [-0.39, 0.29) is 0 Å². The summed E-state index contributed by atoms with van der Waals surface area (Å²) in [5, 5.41) is 8.78. The Kier molecular flexibility index (Phi) is 2.62. The lowest BCUT2D eigenvalue weighted by molar-refractivity contribution is 0.0697. The molecule has 1 N–H and O–H groups in total. The summed E-state index contributed by atoms with van der Waals surface area (Å²) in [7, 11) is 0. The molecule has 0 radical (unpaired) electrons. The average molecular weight is 205 g/mol. The van der Waals surface area contributed by atoms with Gasteiger partial charge in [0.2, 0.25) is 0 Å². The SMILES string of the molecule is CC1CCCN1c1ccc(C(=O)O)cc1. The van der Waals surface area contributed by atoms with E-state index in [0.717, 1.165) is 12.2 Å². The molecular formula is C12H15NO2. The molecule has 0 saturated carbocycles. The van der Waals surface area contributed by atoms with Gasteiger partial charge in [0.15, 0.2) is 0 Å². The van der Waals surface area contributed by atoms with Crippen LogP contribution in [-0.2, 0) is 0 Å². The number of carboxylic acids is 1. The largest absolute Gasteiger partial charge is 0.478 e. The molecule has 3 heteroatoms. The highest BCUT2D eigenvalue weighted by Crippen LogP contribution is 2.25. The molecule has 80 valence electrons. The zero-order valence-electron chi connectivity index (χ0n) is 8.81. The normalized spacial score (nSPS) is 20.6. The van der Waals surface area contributed by atoms with Crippen molar-refractivity contribution in [1.82, 2.24) is 0 Å². The zero-order chi connectivity index (χ0) is 10.8. The van der Waals surface area contributed by atoms with Gasteiger partial charge in [0.25, 0.3) is 0 Å². The van der Waals surface area contributed by atoms with Crippen molar-refractivity contribution in [3.05, 3.63) is 29.8 Å². The summed E-state index contributed by atoms with van der Waals surface area (Å²) in [5.41, 5.74) is 1.48. The fourth-order valence-corrected chi connectivity index (χ4v) is 2.11. The molecule has 1 saturated heterocycles. The third-order valence-electron chi connectivity index (χ3n) is 3.00. The number of carboxylic acid groups (broad SMARTS) is 1. The summed E-state index contributed by atoms with van der Waals surface area (Å²) < 4.78 is 0. The summed E-state index contributed by atoms with van der Waals surface area (Å²) in [6, 6.07) is 7.70. The van der Waals surface area contributed by atoms with Crippen molar-refractivity contribution in [2.24, 2.45) is 0 Å². The Balaban J connectivity index is 2.19. The summed E-state index contributed by atoms with van der Waals surface area (Å²) in [4.78, 5) is 13.0. The number of anilines is 1. The first-order chi connectivity index (χ1) is 7.18. The molecule has 0 spiro atoms. The lowest BCUT2D eigenvalue weighted by atomic mass is 10.2. The molecule has 0 aromatic heterocycles. The van der Waals surface area contributed by atoms with Crippen molar-refractivity contribution < 1.29 is 9.90 Å². The lowest BCUT2D eigenvalue weighted by Gasteiger charge is -2.23. The summed E-state index contributed by atoms with van der Waals surface area (Å²) >= 11 is 0. The number of hydrogen-bond donors (Lipinski definition) is 1. The third-order valence-corrected chi connectivity index (χ3v) is 3.00. The van der Waals surface area contributed by atoms with Crippen LogP contribution in [0.25, 0.3) is 0 Å². The van der Waals surface area contributed by atoms with Crippen molar-refractivity contribution in [2.75, 3.05) is 11.4 Å². The van der Waals surface area contributed by atoms with E-state index in [0.29, 0.717) is 11.6 Å². The number of rotatable bonds is 2. The number of hydrogen-bond acceptors (Lipinski definition) is 2. The predicted octanol–water partition coefficient (Wildman–Crippen LogP) is 2.37. The topological polar surface area (TPSA) is 40.5 Å². The molecule has 0 aliphatic carbocycles. The van der Waals surface area contributed by atoms with Crippen LogP contribution in [0.15, 0.2) is 24.3 Å². The molecule has 1 atom stereocenters. The molecule has 1 heterocycles. The quantitative estimate of drug-likeness (QED) is 0.805. The van der Waals surface area contributed by atoms with Crippen LogP contribution in [0.5, 0.6) is 0 Å². The molecule has 0 amide bonds. The number of aromatic carboxylic acids is 1. The van der Waals surface area contributed by atoms with Crippen LogP contribution in [0.3, 0.4) is 0 Å². The first-order valence-corrected chi connectivity index (χ1v) is 5.28. The van der Waals surface area contributed by atoms with E-state index in [9.17, 15) is 4.79 Å². The Bertz CT molecular complexity index is 358. The van der Waals surface area contributed by atoms with Gasteiger partial charge in [0.1, 0.15) is 0 Å². The summed E-state index contributed by atoms with van der Waals surface area (Å²) in [6.45, 7) is 3.28. The third kappa shape index (κ3) is 1.96. The van der Waals surface area contributed by atoms with Gasteiger partial charge < -0.3 is 10.0 Å². The number of benzene rings is 1. The first-order valence-electron chi connectivity index (χ1n) is 5.28. The predicted molar refractivity (Wildman–Crippen MR) is 59.4 cm³/mol. The van der Waals surface area contributed by atoms with Crippen LogP contribution < -0.4 is 4.90 Å². The molecule has 1 aromatic carbocycles. The van der Waals surface area contributed by atoms with Gasteiger partial charge in [-0.25, -0.2) is 4.79 Å². The van der Waals surface area contributed by atoms with Gasteiger partial charge >= 0.3 is 5.97 Å². The number of nitrogens with zero attached hydrogens (tertiary/aromatic N) is 1. The molecule has 1 aliphatic heterocycles. The van der Waals surface area contributed by atoms with Gasteiger partial charge in [-0.15, -0.1) is 0 Å². The highest BCUT2D eigenvalue weighted by atomic mass is 16.4. The zero-order valence-corrected chi connectivity index (χ0v) is 8.81. The first kappa shape index (κ1) is 10.0. The second-order valence-electron chi connectivity index (χ2n) is 4.04. The van der Waals surface area contributed by atoms with Crippen LogP contribution in [0.1, 0.15) is 30.1 Å². The van der Waals surface area contributed by atoms with E-state index in [2.05, 4.69) is 11.8 Å². The Morgan fingerprint density at radius 3 is 2.53 bits per heavy atom. The fraction of sp³-hybridized carbons (Fsp3) is 0.417. The highest BCUT2D eigenvalue weighted by Gasteiger charge is 2.20. The Morgan fingerprint density at radius 2 is 2.07 bits per heavy atom. The van der Waals surface area contributed by atoms with E-state index in [1.165, 1.54) is 12.8 Å². The van der Waals surface area contributed by atoms with Crippen molar-refractivity contribution in [3.8, 4) is 0 Å². The van der Waals surface area contributed by atoms with Gasteiger partial charge in [0, 0.05) is 18.3 Å². The standard InChI is InChI=1S/C12H15NO2/c1-9-3-2-8-13(9)11-6-4-10(5-7-11)12(14)15/h4-7,9H,2-3,8H2,1H3,(H,14,15). The summed E-state index contributed by atoms with van der Waals surface area (Å²) in [6.07, 6.45) is 2.45. The van der Waals surface area contributed by atoms with Gasteiger partial charge in [-0.1, -0.05) is 0 Å². The van der Waals surface area contributed by atoms with Gasteiger partial charge in [-0.05, 0) is 44.0 Å². The molecule has 2 rings (SSSR count). The maximum absolute atomic E-state index is 10.7. The molecule has 1 fully saturated rings. The van der Waals surface area contributed by atoms with Gasteiger partial charge in [-0.2, -0.15) is 0 Å². The number of carbonyl (C=O) groups is 1. The fourth-order valence-electron chi connectivity index (χ4n) is 2.11. The highest BCUT2D eigenvalue weighted by molar-refractivity contribution is 5.88. The molecule has 1 aliphatic rings. The minimum atomic E-state index is -0.865. The van der Waals surface area contributed by atoms with E-state index in [1.807, 2.05) is 12.1 Å². The maximum atomic E-state index is 10.7. The monoisotopic (exact) mass is 205 g/mol. The van der Waals surface area contributed by atoms with Crippen molar-refractivity contribution in [3.63, 3.8) is 0 Å². The minimum absolute atomic E-state index is 0.352. The van der Waals surface area contributed by atoms with Crippen LogP contribution >= 0.6 is 0 Å².